The molecular formula is C16H21N5O. The van der Waals surface area contributed by atoms with E-state index in [2.05, 4.69) is 20.5 Å². The van der Waals surface area contributed by atoms with Gasteiger partial charge < -0.3 is 20.1 Å². The lowest BCUT2D eigenvalue weighted by Gasteiger charge is -2.29. The molecule has 0 aliphatic carbocycles. The average molecular weight is 299 g/mol. The minimum absolute atomic E-state index is 0.141. The second-order valence-electron chi connectivity index (χ2n) is 5.51. The SMILES string of the molecule is Cc1ccc(C(=O)Nc2ccc(N3CCNCC3)cn2)n1C. The second kappa shape index (κ2) is 6.19. The molecule has 0 unspecified atom stereocenters. The second-order valence-corrected chi connectivity index (χ2v) is 5.51. The molecule has 0 radical (unpaired) electrons. The molecule has 1 amide bonds. The van der Waals surface area contributed by atoms with Crippen LogP contribution in [0.25, 0.3) is 0 Å². The number of rotatable bonds is 3. The van der Waals surface area contributed by atoms with Gasteiger partial charge in [-0.05, 0) is 31.2 Å². The van der Waals surface area contributed by atoms with Crippen molar-refractivity contribution in [2.24, 2.45) is 7.05 Å². The molecule has 1 fully saturated rings. The first-order valence-corrected chi connectivity index (χ1v) is 7.50. The fourth-order valence-electron chi connectivity index (χ4n) is 2.59. The fraction of sp³-hybridized carbons (Fsp3) is 0.375. The summed E-state index contributed by atoms with van der Waals surface area (Å²) >= 11 is 0. The molecule has 1 aliphatic rings. The largest absolute Gasteiger partial charge is 0.368 e. The normalized spacial score (nSPS) is 14.9. The number of amides is 1. The molecule has 2 aromatic heterocycles. The Morgan fingerprint density at radius 3 is 2.59 bits per heavy atom. The van der Waals surface area contributed by atoms with E-state index in [1.165, 1.54) is 0 Å². The molecule has 1 saturated heterocycles. The lowest BCUT2D eigenvalue weighted by molar-refractivity contribution is 0.101. The summed E-state index contributed by atoms with van der Waals surface area (Å²) in [5.41, 5.74) is 2.77. The van der Waals surface area contributed by atoms with E-state index in [1.807, 2.05) is 49.0 Å². The summed E-state index contributed by atoms with van der Waals surface area (Å²) in [5.74, 6) is 0.431. The van der Waals surface area contributed by atoms with E-state index in [9.17, 15) is 4.79 Å². The highest BCUT2D eigenvalue weighted by Gasteiger charge is 2.13. The van der Waals surface area contributed by atoms with Gasteiger partial charge in [-0.2, -0.15) is 0 Å². The Morgan fingerprint density at radius 1 is 1.23 bits per heavy atom. The number of nitrogens with one attached hydrogen (secondary N) is 2. The molecule has 22 heavy (non-hydrogen) atoms. The highest BCUT2D eigenvalue weighted by Crippen LogP contribution is 2.16. The van der Waals surface area contributed by atoms with E-state index in [1.54, 1.807) is 0 Å². The quantitative estimate of drug-likeness (QED) is 0.899. The Bertz CT molecular complexity index is 656. The van der Waals surface area contributed by atoms with Crippen molar-refractivity contribution in [2.45, 2.75) is 6.92 Å². The van der Waals surface area contributed by atoms with E-state index < -0.39 is 0 Å². The molecular weight excluding hydrogens is 278 g/mol. The Morgan fingerprint density at radius 2 is 2.00 bits per heavy atom. The van der Waals surface area contributed by atoms with Gasteiger partial charge in [0, 0.05) is 38.9 Å². The van der Waals surface area contributed by atoms with E-state index in [0.29, 0.717) is 11.5 Å². The minimum atomic E-state index is -0.141. The number of aromatic nitrogens is 2. The van der Waals surface area contributed by atoms with Crippen molar-refractivity contribution >= 4 is 17.4 Å². The molecule has 6 nitrogen and oxygen atoms in total. The summed E-state index contributed by atoms with van der Waals surface area (Å²) in [7, 11) is 1.88. The summed E-state index contributed by atoms with van der Waals surface area (Å²) in [6.07, 6.45) is 1.82. The third kappa shape index (κ3) is 2.96. The van der Waals surface area contributed by atoms with Gasteiger partial charge in [0.25, 0.3) is 5.91 Å². The Labute approximate surface area is 130 Å². The zero-order valence-electron chi connectivity index (χ0n) is 13.0. The van der Waals surface area contributed by atoms with Crippen molar-refractivity contribution in [3.8, 4) is 0 Å². The number of nitrogens with zero attached hydrogens (tertiary/aromatic N) is 3. The fourth-order valence-corrected chi connectivity index (χ4v) is 2.59. The van der Waals surface area contributed by atoms with Gasteiger partial charge in [0.15, 0.2) is 0 Å². The molecule has 2 aromatic rings. The highest BCUT2D eigenvalue weighted by atomic mass is 16.2. The first-order valence-electron chi connectivity index (χ1n) is 7.50. The predicted molar refractivity (Wildman–Crippen MR) is 87.4 cm³/mol. The molecule has 116 valence electrons. The lowest BCUT2D eigenvalue weighted by atomic mass is 10.3. The van der Waals surface area contributed by atoms with Crippen LogP contribution in [0.3, 0.4) is 0 Å². The molecule has 0 spiro atoms. The molecule has 6 heteroatoms. The number of carbonyl (C=O) groups is 1. The van der Waals surface area contributed by atoms with Crippen LogP contribution in [0.4, 0.5) is 11.5 Å². The zero-order valence-corrected chi connectivity index (χ0v) is 13.0. The maximum Gasteiger partial charge on any atom is 0.273 e. The van der Waals surface area contributed by atoms with Crippen molar-refractivity contribution in [2.75, 3.05) is 36.4 Å². The van der Waals surface area contributed by atoms with E-state index >= 15 is 0 Å². The maximum atomic E-state index is 12.2. The van der Waals surface area contributed by atoms with Crippen molar-refractivity contribution < 1.29 is 4.79 Å². The van der Waals surface area contributed by atoms with Crippen molar-refractivity contribution in [3.63, 3.8) is 0 Å². The molecule has 3 heterocycles. The zero-order chi connectivity index (χ0) is 15.5. The van der Waals surface area contributed by atoms with Gasteiger partial charge in [0.05, 0.1) is 11.9 Å². The summed E-state index contributed by atoms with van der Waals surface area (Å²) in [6, 6.07) is 7.60. The minimum Gasteiger partial charge on any atom is -0.368 e. The van der Waals surface area contributed by atoms with Crippen molar-refractivity contribution in [3.05, 3.63) is 41.9 Å². The standard InChI is InChI=1S/C16H21N5O/c1-12-3-5-14(20(12)2)16(22)19-15-6-4-13(11-18-15)21-9-7-17-8-10-21/h3-6,11,17H,7-10H2,1-2H3,(H,18,19,22). The molecule has 2 N–H and O–H groups in total. The summed E-state index contributed by atoms with van der Waals surface area (Å²) < 4.78 is 1.87. The van der Waals surface area contributed by atoms with Crippen LogP contribution in [0.1, 0.15) is 16.2 Å². The number of pyridine rings is 1. The summed E-state index contributed by atoms with van der Waals surface area (Å²) in [6.45, 7) is 5.92. The Kier molecular flexibility index (Phi) is 4.11. The first-order chi connectivity index (χ1) is 10.6. The first kappa shape index (κ1) is 14.6. The average Bonchev–Trinajstić information content (AvgIpc) is 2.88. The van der Waals surface area contributed by atoms with E-state index in [-0.39, 0.29) is 5.91 Å². The lowest BCUT2D eigenvalue weighted by Crippen LogP contribution is -2.43. The third-order valence-corrected chi connectivity index (χ3v) is 4.08. The number of anilines is 2. The van der Waals surface area contributed by atoms with Crippen molar-refractivity contribution in [1.29, 1.82) is 0 Å². The van der Waals surface area contributed by atoms with Gasteiger partial charge in [0.2, 0.25) is 0 Å². The number of hydrogen-bond acceptors (Lipinski definition) is 4. The predicted octanol–water partition coefficient (Wildman–Crippen LogP) is 1.39. The molecule has 1 aliphatic heterocycles. The smallest absolute Gasteiger partial charge is 0.273 e. The van der Waals surface area contributed by atoms with Gasteiger partial charge >= 0.3 is 0 Å². The highest BCUT2D eigenvalue weighted by molar-refractivity contribution is 6.02. The van der Waals surface area contributed by atoms with Crippen LogP contribution >= 0.6 is 0 Å². The van der Waals surface area contributed by atoms with Gasteiger partial charge in [-0.1, -0.05) is 0 Å². The van der Waals surface area contributed by atoms with Crippen molar-refractivity contribution in [1.82, 2.24) is 14.9 Å². The van der Waals surface area contributed by atoms with Crippen LogP contribution in [0.2, 0.25) is 0 Å². The molecule has 0 atom stereocenters. The van der Waals surface area contributed by atoms with Crippen LogP contribution in [-0.2, 0) is 7.05 Å². The molecule has 0 bridgehead atoms. The van der Waals surface area contributed by atoms with Crippen LogP contribution in [0.5, 0.6) is 0 Å². The maximum absolute atomic E-state index is 12.2. The van der Waals surface area contributed by atoms with E-state index in [0.717, 1.165) is 37.6 Å². The van der Waals surface area contributed by atoms with E-state index in [4.69, 9.17) is 0 Å². The van der Waals surface area contributed by atoms with Gasteiger partial charge in [-0.15, -0.1) is 0 Å². The van der Waals surface area contributed by atoms with Crippen LogP contribution in [0, 0.1) is 6.92 Å². The molecule has 3 rings (SSSR count). The van der Waals surface area contributed by atoms with Crippen LogP contribution in [-0.4, -0.2) is 41.6 Å². The third-order valence-electron chi connectivity index (χ3n) is 4.08. The number of hydrogen-bond donors (Lipinski definition) is 2. The number of piperazine rings is 1. The monoisotopic (exact) mass is 299 g/mol. The van der Waals surface area contributed by atoms with Gasteiger partial charge in [-0.3, -0.25) is 4.79 Å². The van der Waals surface area contributed by atoms with Gasteiger partial charge in [-0.25, -0.2) is 4.98 Å². The number of carbonyl (C=O) groups excluding carboxylic acids is 1. The summed E-state index contributed by atoms with van der Waals surface area (Å²) in [5, 5.41) is 6.17. The van der Waals surface area contributed by atoms with Gasteiger partial charge in [0.1, 0.15) is 11.5 Å². The van der Waals surface area contributed by atoms with Crippen LogP contribution < -0.4 is 15.5 Å². The van der Waals surface area contributed by atoms with Crippen LogP contribution in [0.15, 0.2) is 30.5 Å². The number of aryl methyl sites for hydroxylation is 1. The topological polar surface area (TPSA) is 62.2 Å². The molecule has 0 saturated carbocycles. The molecule has 0 aromatic carbocycles. The Balaban J connectivity index is 1.68. The summed E-state index contributed by atoms with van der Waals surface area (Å²) in [4.78, 5) is 18.9. The Hall–Kier alpha value is -2.34.